The van der Waals surface area contributed by atoms with E-state index < -0.39 is 30.1 Å². The molecule has 0 spiro atoms. The van der Waals surface area contributed by atoms with E-state index in [1.54, 1.807) is 0 Å². The highest BCUT2D eigenvalue weighted by molar-refractivity contribution is 6.38. The predicted molar refractivity (Wildman–Crippen MR) is 140 cm³/mol. The van der Waals surface area contributed by atoms with Crippen molar-refractivity contribution in [1.82, 2.24) is 15.5 Å². The van der Waals surface area contributed by atoms with Crippen LogP contribution in [0.5, 0.6) is 0 Å². The van der Waals surface area contributed by atoms with Gasteiger partial charge < -0.3 is 15.4 Å². The highest BCUT2D eigenvalue weighted by Gasteiger charge is 2.40. The molecule has 1 heterocycles. The van der Waals surface area contributed by atoms with Crippen LogP contribution in [-0.2, 0) is 20.9 Å². The van der Waals surface area contributed by atoms with Crippen molar-refractivity contribution in [3.05, 3.63) is 71.8 Å². The number of alkyl carbamates (subject to hydrolysis) is 1. The van der Waals surface area contributed by atoms with Crippen LogP contribution in [0.2, 0.25) is 0 Å². The molecule has 2 N–H and O–H groups in total. The third kappa shape index (κ3) is 7.92. The van der Waals surface area contributed by atoms with Gasteiger partial charge in [0.2, 0.25) is 5.78 Å². The van der Waals surface area contributed by atoms with Crippen molar-refractivity contribution in [1.29, 1.82) is 0 Å². The molecule has 2 aromatic carbocycles. The summed E-state index contributed by atoms with van der Waals surface area (Å²) in [5.41, 5.74) is 2.04. The number of rotatable bonds is 11. The second-order valence-corrected chi connectivity index (χ2v) is 10.4. The number of likely N-dealkylation sites (tertiary alicyclic amines) is 1. The van der Waals surface area contributed by atoms with Gasteiger partial charge in [0.1, 0.15) is 6.04 Å². The molecule has 0 radical (unpaired) electrons. The predicted octanol–water partition coefficient (Wildman–Crippen LogP) is 4.98. The fourth-order valence-corrected chi connectivity index (χ4v) is 4.64. The van der Waals surface area contributed by atoms with Gasteiger partial charge in [-0.25, -0.2) is 4.79 Å². The first-order valence-corrected chi connectivity index (χ1v) is 12.8. The molecule has 194 valence electrons. The molecule has 3 rings (SSSR count). The molecule has 36 heavy (non-hydrogen) atoms. The van der Waals surface area contributed by atoms with E-state index in [-0.39, 0.29) is 11.5 Å². The quantitative estimate of drug-likeness (QED) is 0.431. The molecule has 1 saturated heterocycles. The molecule has 0 aliphatic carbocycles. The number of amides is 2. The molecule has 1 aliphatic heterocycles. The molecular formula is C29H39N3O4. The lowest BCUT2D eigenvalue weighted by Gasteiger charge is -2.25. The van der Waals surface area contributed by atoms with E-state index in [0.29, 0.717) is 25.8 Å². The highest BCUT2D eigenvalue weighted by atomic mass is 16.6. The summed E-state index contributed by atoms with van der Waals surface area (Å²) in [4.78, 5) is 40.8. The van der Waals surface area contributed by atoms with Crippen LogP contribution in [0, 0.1) is 5.41 Å². The van der Waals surface area contributed by atoms with Gasteiger partial charge in [-0.1, -0.05) is 94.3 Å². The van der Waals surface area contributed by atoms with Crippen molar-refractivity contribution in [2.45, 2.75) is 78.2 Å². The molecule has 2 aromatic rings. The molecule has 0 saturated carbocycles. The number of benzene rings is 2. The van der Waals surface area contributed by atoms with Gasteiger partial charge in [-0.15, -0.1) is 0 Å². The molecular weight excluding hydrogens is 454 g/mol. The summed E-state index contributed by atoms with van der Waals surface area (Å²) in [6.45, 7) is 9.58. The van der Waals surface area contributed by atoms with Crippen molar-refractivity contribution in [2.24, 2.45) is 5.41 Å². The summed E-state index contributed by atoms with van der Waals surface area (Å²) in [6.07, 6.45) is 1.53. The maximum Gasteiger partial charge on any atom is 0.409 e. The van der Waals surface area contributed by atoms with Crippen LogP contribution in [0.25, 0.3) is 0 Å². The van der Waals surface area contributed by atoms with Gasteiger partial charge in [0, 0.05) is 19.5 Å². The normalized spacial score (nSPS) is 18.7. The average molecular weight is 494 g/mol. The van der Waals surface area contributed by atoms with Crippen LogP contribution in [-0.4, -0.2) is 41.5 Å². The number of Topliss-reactive ketones (excluding diaryl/α,β-unsaturated/α-hetero) is 1. The summed E-state index contributed by atoms with van der Waals surface area (Å²) in [5.74, 6) is -1.36. The smallest absolute Gasteiger partial charge is 0.409 e. The Morgan fingerprint density at radius 1 is 1.03 bits per heavy atom. The SMILES string of the molecule is CCCCC(NC(=O)OC1CC(C)(C)CN1Cc1ccccc1)C(=O)C(=O)N[C@H](C)c1ccccc1. The minimum Gasteiger partial charge on any atom is -0.430 e. The molecule has 2 amide bonds. The molecule has 2 unspecified atom stereocenters. The molecule has 7 nitrogen and oxygen atoms in total. The van der Waals surface area contributed by atoms with Gasteiger partial charge in [-0.05, 0) is 29.9 Å². The molecule has 1 aliphatic rings. The van der Waals surface area contributed by atoms with E-state index in [0.717, 1.165) is 24.1 Å². The van der Waals surface area contributed by atoms with E-state index in [1.807, 2.05) is 62.4 Å². The zero-order chi connectivity index (χ0) is 26.1. The average Bonchev–Trinajstić information content (AvgIpc) is 3.14. The third-order valence-corrected chi connectivity index (χ3v) is 6.56. The van der Waals surface area contributed by atoms with Gasteiger partial charge in [-0.2, -0.15) is 0 Å². The second kappa shape index (κ2) is 12.7. The number of carbonyl (C=O) groups excluding carboxylic acids is 3. The van der Waals surface area contributed by atoms with Crippen molar-refractivity contribution in [3.63, 3.8) is 0 Å². The summed E-state index contributed by atoms with van der Waals surface area (Å²) >= 11 is 0. The van der Waals surface area contributed by atoms with Crippen LogP contribution < -0.4 is 10.6 Å². The largest absolute Gasteiger partial charge is 0.430 e. The fraction of sp³-hybridized carbons (Fsp3) is 0.483. The summed E-state index contributed by atoms with van der Waals surface area (Å²) < 4.78 is 5.81. The summed E-state index contributed by atoms with van der Waals surface area (Å²) in [6, 6.07) is 18.3. The standard InChI is InChI=1S/C29H39N3O4/c1-5-6-17-24(26(33)27(34)30-21(2)23-15-11-8-12-16-23)31-28(35)36-25-18-29(3,4)20-32(25)19-22-13-9-7-10-14-22/h7-16,21,24-25H,5-6,17-20H2,1-4H3,(H,30,34)(H,31,35)/t21-,24?,25?/m1/s1. The van der Waals surface area contributed by atoms with Crippen molar-refractivity contribution >= 4 is 17.8 Å². The summed E-state index contributed by atoms with van der Waals surface area (Å²) in [5, 5.41) is 5.44. The lowest BCUT2D eigenvalue weighted by molar-refractivity contribution is -0.139. The first-order valence-electron chi connectivity index (χ1n) is 12.8. The molecule has 1 fully saturated rings. The van der Waals surface area contributed by atoms with Gasteiger partial charge in [-0.3, -0.25) is 14.5 Å². The van der Waals surface area contributed by atoms with Crippen molar-refractivity contribution in [3.8, 4) is 0 Å². The minimum absolute atomic E-state index is 0.00930. The third-order valence-electron chi connectivity index (χ3n) is 6.56. The van der Waals surface area contributed by atoms with Crippen molar-refractivity contribution in [2.75, 3.05) is 6.54 Å². The Morgan fingerprint density at radius 3 is 2.31 bits per heavy atom. The van der Waals surface area contributed by atoms with Crippen molar-refractivity contribution < 1.29 is 19.1 Å². The summed E-state index contributed by atoms with van der Waals surface area (Å²) in [7, 11) is 0. The first kappa shape index (κ1) is 27.4. The maximum absolute atomic E-state index is 13.0. The lowest BCUT2D eigenvalue weighted by atomic mass is 9.93. The fourth-order valence-electron chi connectivity index (χ4n) is 4.64. The van der Waals surface area contributed by atoms with Gasteiger partial charge in [0.05, 0.1) is 6.04 Å². The Morgan fingerprint density at radius 2 is 1.67 bits per heavy atom. The Labute approximate surface area is 214 Å². The van der Waals surface area contributed by atoms with E-state index >= 15 is 0 Å². The number of nitrogens with zero attached hydrogens (tertiary/aromatic N) is 1. The number of hydrogen-bond acceptors (Lipinski definition) is 5. The zero-order valence-electron chi connectivity index (χ0n) is 21.8. The Bertz CT molecular complexity index is 1010. The Balaban J connectivity index is 1.62. The number of ketones is 1. The molecule has 0 bridgehead atoms. The highest BCUT2D eigenvalue weighted by Crippen LogP contribution is 2.35. The topological polar surface area (TPSA) is 87.7 Å². The van der Waals surface area contributed by atoms with Crippen LogP contribution in [0.3, 0.4) is 0 Å². The monoisotopic (exact) mass is 493 g/mol. The number of carbonyl (C=O) groups is 3. The van der Waals surface area contributed by atoms with E-state index in [4.69, 9.17) is 4.74 Å². The molecule has 3 atom stereocenters. The van der Waals surface area contributed by atoms with Gasteiger partial charge in [0.15, 0.2) is 6.23 Å². The second-order valence-electron chi connectivity index (χ2n) is 10.4. The Kier molecular flexibility index (Phi) is 9.65. The van der Waals surface area contributed by atoms with E-state index in [2.05, 4.69) is 41.5 Å². The van der Waals surface area contributed by atoms with Crippen LogP contribution in [0.4, 0.5) is 4.79 Å². The number of hydrogen-bond donors (Lipinski definition) is 2. The zero-order valence-corrected chi connectivity index (χ0v) is 21.8. The Hall–Kier alpha value is -3.19. The van der Waals surface area contributed by atoms with Gasteiger partial charge >= 0.3 is 6.09 Å². The van der Waals surface area contributed by atoms with E-state index in [9.17, 15) is 14.4 Å². The minimum atomic E-state index is -0.933. The van der Waals surface area contributed by atoms with Crippen LogP contribution >= 0.6 is 0 Å². The molecule has 7 heteroatoms. The lowest BCUT2D eigenvalue weighted by Crippen LogP contribution is -2.49. The van der Waals surface area contributed by atoms with Gasteiger partial charge in [0.25, 0.3) is 5.91 Å². The number of ether oxygens (including phenoxy) is 1. The van der Waals surface area contributed by atoms with Crippen LogP contribution in [0.1, 0.15) is 70.5 Å². The van der Waals surface area contributed by atoms with E-state index in [1.165, 1.54) is 0 Å². The van der Waals surface area contributed by atoms with Crippen LogP contribution in [0.15, 0.2) is 60.7 Å². The first-order chi connectivity index (χ1) is 17.2. The number of nitrogens with one attached hydrogen (secondary N) is 2. The maximum atomic E-state index is 13.0. The molecule has 0 aromatic heterocycles. The number of unbranched alkanes of at least 4 members (excludes halogenated alkanes) is 1.